The standard InChI is InChI=1S/C16H23N3O/c1-18-10-6-5-9-14(18)11-19-12-17-15(16(19)20)13-7-3-2-4-8-13/h2-4,7-8,14-15,17H,5-6,9-12H2,1H3. The van der Waals surface area contributed by atoms with Crippen LogP contribution in [0.1, 0.15) is 30.9 Å². The summed E-state index contributed by atoms with van der Waals surface area (Å²) in [5.74, 6) is 0.218. The Kier molecular flexibility index (Phi) is 4.03. The highest BCUT2D eigenvalue weighted by atomic mass is 16.2. The van der Waals surface area contributed by atoms with Gasteiger partial charge in [0.2, 0.25) is 5.91 Å². The van der Waals surface area contributed by atoms with Crippen molar-refractivity contribution in [3.63, 3.8) is 0 Å². The fraction of sp³-hybridized carbons (Fsp3) is 0.562. The molecule has 0 aliphatic carbocycles. The highest BCUT2D eigenvalue weighted by molar-refractivity contribution is 5.85. The molecule has 2 aliphatic rings. The minimum Gasteiger partial charge on any atom is -0.327 e. The third-order valence-electron chi connectivity index (χ3n) is 4.53. The smallest absolute Gasteiger partial charge is 0.245 e. The topological polar surface area (TPSA) is 35.6 Å². The van der Waals surface area contributed by atoms with E-state index in [-0.39, 0.29) is 11.9 Å². The van der Waals surface area contributed by atoms with E-state index in [4.69, 9.17) is 0 Å². The molecule has 4 heteroatoms. The lowest BCUT2D eigenvalue weighted by molar-refractivity contribution is -0.129. The zero-order chi connectivity index (χ0) is 13.9. The second-order valence-corrected chi connectivity index (χ2v) is 5.90. The molecule has 0 bridgehead atoms. The molecule has 2 unspecified atom stereocenters. The first-order chi connectivity index (χ1) is 9.75. The van der Waals surface area contributed by atoms with Gasteiger partial charge < -0.3 is 9.80 Å². The maximum atomic E-state index is 12.5. The fourth-order valence-electron chi connectivity index (χ4n) is 3.24. The Labute approximate surface area is 120 Å². The third-order valence-corrected chi connectivity index (χ3v) is 4.53. The molecule has 108 valence electrons. The minimum atomic E-state index is -0.162. The second kappa shape index (κ2) is 5.94. The quantitative estimate of drug-likeness (QED) is 0.908. The molecule has 0 aromatic heterocycles. The van der Waals surface area contributed by atoms with Crippen molar-refractivity contribution < 1.29 is 4.79 Å². The molecule has 2 fully saturated rings. The van der Waals surface area contributed by atoms with Gasteiger partial charge in [0.15, 0.2) is 0 Å². The number of rotatable bonds is 3. The molecule has 2 atom stereocenters. The summed E-state index contributed by atoms with van der Waals surface area (Å²) in [6.07, 6.45) is 3.77. The number of likely N-dealkylation sites (N-methyl/N-ethyl adjacent to an activating group) is 1. The van der Waals surface area contributed by atoms with Crippen molar-refractivity contribution in [2.24, 2.45) is 0 Å². The summed E-state index contributed by atoms with van der Waals surface area (Å²) in [6.45, 7) is 2.68. The highest BCUT2D eigenvalue weighted by Gasteiger charge is 2.34. The molecule has 1 aromatic carbocycles. The van der Waals surface area contributed by atoms with Crippen LogP contribution in [0.25, 0.3) is 0 Å². The predicted molar refractivity (Wildman–Crippen MR) is 79.2 cm³/mol. The largest absolute Gasteiger partial charge is 0.327 e. The van der Waals surface area contributed by atoms with E-state index in [1.807, 2.05) is 35.2 Å². The molecule has 4 nitrogen and oxygen atoms in total. The van der Waals surface area contributed by atoms with Crippen LogP contribution in [-0.2, 0) is 4.79 Å². The van der Waals surface area contributed by atoms with E-state index in [0.717, 1.165) is 18.7 Å². The predicted octanol–water partition coefficient (Wildman–Crippen LogP) is 1.60. The lowest BCUT2D eigenvalue weighted by Crippen LogP contribution is -2.45. The van der Waals surface area contributed by atoms with Crippen molar-refractivity contribution in [1.82, 2.24) is 15.1 Å². The zero-order valence-corrected chi connectivity index (χ0v) is 12.1. The molecule has 2 saturated heterocycles. The van der Waals surface area contributed by atoms with Gasteiger partial charge in [0, 0.05) is 12.6 Å². The summed E-state index contributed by atoms with van der Waals surface area (Å²) in [5.41, 5.74) is 1.07. The van der Waals surface area contributed by atoms with Gasteiger partial charge in [-0.2, -0.15) is 0 Å². The molecule has 20 heavy (non-hydrogen) atoms. The van der Waals surface area contributed by atoms with Crippen molar-refractivity contribution in [3.05, 3.63) is 35.9 Å². The third kappa shape index (κ3) is 2.72. The average Bonchev–Trinajstić information content (AvgIpc) is 2.84. The summed E-state index contributed by atoms with van der Waals surface area (Å²) in [4.78, 5) is 16.9. The summed E-state index contributed by atoms with van der Waals surface area (Å²) in [5, 5.41) is 3.34. The molecule has 1 N–H and O–H groups in total. The number of benzene rings is 1. The molecular formula is C16H23N3O. The molecule has 2 heterocycles. The van der Waals surface area contributed by atoms with Crippen molar-refractivity contribution in [2.75, 3.05) is 26.8 Å². The first kappa shape index (κ1) is 13.6. The molecule has 2 aliphatic heterocycles. The van der Waals surface area contributed by atoms with Crippen molar-refractivity contribution in [3.8, 4) is 0 Å². The first-order valence-corrected chi connectivity index (χ1v) is 7.53. The van der Waals surface area contributed by atoms with Crippen LogP contribution < -0.4 is 5.32 Å². The van der Waals surface area contributed by atoms with Crippen LogP contribution >= 0.6 is 0 Å². The number of hydrogen-bond acceptors (Lipinski definition) is 3. The monoisotopic (exact) mass is 273 g/mol. The Hall–Kier alpha value is -1.39. The Morgan fingerprint density at radius 1 is 1.25 bits per heavy atom. The Bertz CT molecular complexity index is 462. The number of carbonyl (C=O) groups excluding carboxylic acids is 1. The number of piperidine rings is 1. The fourth-order valence-corrected chi connectivity index (χ4v) is 3.24. The van der Waals surface area contributed by atoms with Crippen LogP contribution in [0.3, 0.4) is 0 Å². The molecule has 0 saturated carbocycles. The molecular weight excluding hydrogens is 250 g/mol. The first-order valence-electron chi connectivity index (χ1n) is 7.53. The Balaban J connectivity index is 1.64. The number of amides is 1. The van der Waals surface area contributed by atoms with E-state index in [0.29, 0.717) is 12.7 Å². The second-order valence-electron chi connectivity index (χ2n) is 5.90. The van der Waals surface area contributed by atoms with E-state index >= 15 is 0 Å². The number of nitrogens with one attached hydrogen (secondary N) is 1. The van der Waals surface area contributed by atoms with Gasteiger partial charge in [0.25, 0.3) is 0 Å². The number of nitrogens with zero attached hydrogens (tertiary/aromatic N) is 2. The SMILES string of the molecule is CN1CCCCC1CN1CNC(c2ccccc2)C1=O. The Morgan fingerprint density at radius 2 is 2.05 bits per heavy atom. The van der Waals surface area contributed by atoms with E-state index in [1.165, 1.54) is 19.3 Å². The van der Waals surface area contributed by atoms with Gasteiger partial charge in [0.1, 0.15) is 6.04 Å². The molecule has 0 spiro atoms. The summed E-state index contributed by atoms with van der Waals surface area (Å²) < 4.78 is 0. The van der Waals surface area contributed by atoms with Crippen molar-refractivity contribution in [1.29, 1.82) is 0 Å². The van der Waals surface area contributed by atoms with E-state index in [1.54, 1.807) is 0 Å². The van der Waals surface area contributed by atoms with Gasteiger partial charge in [-0.1, -0.05) is 36.8 Å². The highest BCUT2D eigenvalue weighted by Crippen LogP contribution is 2.23. The summed E-state index contributed by atoms with van der Waals surface area (Å²) in [6, 6.07) is 10.4. The van der Waals surface area contributed by atoms with Crippen LogP contribution in [0.2, 0.25) is 0 Å². The van der Waals surface area contributed by atoms with Crippen LogP contribution in [0, 0.1) is 0 Å². The van der Waals surface area contributed by atoms with Gasteiger partial charge in [-0.05, 0) is 32.0 Å². The van der Waals surface area contributed by atoms with Crippen LogP contribution in [0.5, 0.6) is 0 Å². The van der Waals surface area contributed by atoms with Gasteiger partial charge in [0.05, 0.1) is 6.67 Å². The van der Waals surface area contributed by atoms with E-state index in [2.05, 4.69) is 17.3 Å². The Morgan fingerprint density at radius 3 is 2.80 bits per heavy atom. The zero-order valence-electron chi connectivity index (χ0n) is 12.1. The minimum absolute atomic E-state index is 0.162. The summed E-state index contributed by atoms with van der Waals surface area (Å²) >= 11 is 0. The molecule has 1 amide bonds. The average molecular weight is 273 g/mol. The molecule has 0 radical (unpaired) electrons. The number of hydrogen-bond donors (Lipinski definition) is 1. The molecule has 1 aromatic rings. The maximum absolute atomic E-state index is 12.5. The summed E-state index contributed by atoms with van der Waals surface area (Å²) in [7, 11) is 2.17. The van der Waals surface area contributed by atoms with Gasteiger partial charge in [-0.3, -0.25) is 10.1 Å². The van der Waals surface area contributed by atoms with E-state index < -0.39 is 0 Å². The van der Waals surface area contributed by atoms with Crippen LogP contribution in [0.15, 0.2) is 30.3 Å². The van der Waals surface area contributed by atoms with Gasteiger partial charge >= 0.3 is 0 Å². The van der Waals surface area contributed by atoms with Crippen molar-refractivity contribution in [2.45, 2.75) is 31.3 Å². The lowest BCUT2D eigenvalue weighted by Gasteiger charge is -2.34. The number of carbonyl (C=O) groups is 1. The normalized spacial score (nSPS) is 28.1. The van der Waals surface area contributed by atoms with Gasteiger partial charge in [-0.15, -0.1) is 0 Å². The number of likely N-dealkylation sites (tertiary alicyclic amines) is 1. The van der Waals surface area contributed by atoms with E-state index in [9.17, 15) is 4.79 Å². The maximum Gasteiger partial charge on any atom is 0.245 e. The van der Waals surface area contributed by atoms with Gasteiger partial charge in [-0.25, -0.2) is 0 Å². The van der Waals surface area contributed by atoms with Crippen LogP contribution in [0.4, 0.5) is 0 Å². The lowest BCUT2D eigenvalue weighted by atomic mass is 10.0. The molecule has 3 rings (SSSR count). The van der Waals surface area contributed by atoms with Crippen LogP contribution in [-0.4, -0.2) is 48.6 Å². The van der Waals surface area contributed by atoms with Crippen molar-refractivity contribution >= 4 is 5.91 Å².